The van der Waals surface area contributed by atoms with Crippen molar-refractivity contribution in [3.8, 4) is 12.1 Å². The van der Waals surface area contributed by atoms with E-state index < -0.39 is 0 Å². The summed E-state index contributed by atoms with van der Waals surface area (Å²) in [4.78, 5) is 12.2. The number of rotatable bonds is 2. The van der Waals surface area contributed by atoms with Gasteiger partial charge in [0.15, 0.2) is 0 Å². The summed E-state index contributed by atoms with van der Waals surface area (Å²) in [5.74, 6) is -0.286. The van der Waals surface area contributed by atoms with Gasteiger partial charge in [0.1, 0.15) is 11.6 Å². The van der Waals surface area contributed by atoms with Gasteiger partial charge in [-0.1, -0.05) is 0 Å². The SMILES string of the molecule is N#C/C(C(=O)c1ccc(C#N)cc1)=C1/CCCN1. The van der Waals surface area contributed by atoms with E-state index in [9.17, 15) is 4.79 Å². The van der Waals surface area contributed by atoms with Gasteiger partial charge < -0.3 is 5.32 Å². The number of benzene rings is 1. The molecule has 0 aromatic heterocycles. The first-order valence-electron chi connectivity index (χ1n) is 5.68. The Balaban J connectivity index is 2.33. The second-order valence-corrected chi connectivity index (χ2v) is 4.01. The molecule has 0 aliphatic carbocycles. The van der Waals surface area contributed by atoms with Crippen molar-refractivity contribution in [3.05, 3.63) is 46.7 Å². The van der Waals surface area contributed by atoms with Gasteiger partial charge >= 0.3 is 0 Å². The summed E-state index contributed by atoms with van der Waals surface area (Å²) in [5.41, 5.74) is 1.84. The number of hydrogen-bond acceptors (Lipinski definition) is 4. The third-order valence-corrected chi connectivity index (χ3v) is 2.86. The summed E-state index contributed by atoms with van der Waals surface area (Å²) < 4.78 is 0. The first kappa shape index (κ1) is 11.9. The molecule has 1 aromatic carbocycles. The minimum absolute atomic E-state index is 0.178. The van der Waals surface area contributed by atoms with Crippen molar-refractivity contribution in [2.45, 2.75) is 12.8 Å². The summed E-state index contributed by atoms with van der Waals surface area (Å²) in [6.07, 6.45) is 1.69. The van der Waals surface area contributed by atoms with Crippen LogP contribution in [0.15, 0.2) is 35.5 Å². The molecule has 1 saturated heterocycles. The fourth-order valence-electron chi connectivity index (χ4n) is 1.90. The number of nitriles is 2. The molecule has 1 aromatic rings. The molecule has 4 heteroatoms. The smallest absolute Gasteiger partial charge is 0.205 e. The fourth-order valence-corrected chi connectivity index (χ4v) is 1.90. The van der Waals surface area contributed by atoms with Crippen LogP contribution in [0.4, 0.5) is 0 Å². The number of carbonyl (C=O) groups is 1. The largest absolute Gasteiger partial charge is 0.387 e. The highest BCUT2D eigenvalue weighted by Gasteiger charge is 2.19. The lowest BCUT2D eigenvalue weighted by atomic mass is 10.0. The molecule has 0 amide bonds. The number of nitrogens with one attached hydrogen (secondary N) is 1. The van der Waals surface area contributed by atoms with Gasteiger partial charge in [-0.2, -0.15) is 10.5 Å². The Morgan fingerprint density at radius 1 is 1.22 bits per heavy atom. The van der Waals surface area contributed by atoms with E-state index in [2.05, 4.69) is 5.32 Å². The maximum atomic E-state index is 12.2. The number of allylic oxidation sites excluding steroid dienone is 2. The van der Waals surface area contributed by atoms with Crippen molar-refractivity contribution in [1.82, 2.24) is 5.32 Å². The van der Waals surface area contributed by atoms with E-state index in [4.69, 9.17) is 10.5 Å². The van der Waals surface area contributed by atoms with Crippen LogP contribution in [0.1, 0.15) is 28.8 Å². The average Bonchev–Trinajstić information content (AvgIpc) is 2.93. The summed E-state index contributed by atoms with van der Waals surface area (Å²) in [7, 11) is 0. The topological polar surface area (TPSA) is 76.7 Å². The second kappa shape index (κ2) is 5.16. The third kappa shape index (κ3) is 2.23. The van der Waals surface area contributed by atoms with E-state index in [1.165, 1.54) is 0 Å². The standard InChI is InChI=1S/C14H11N3O/c15-8-10-3-5-11(6-4-10)14(18)12(9-16)13-2-1-7-17-13/h3-6,17H,1-2,7H2/b13-12+. The number of nitrogens with zero attached hydrogens (tertiary/aromatic N) is 2. The lowest BCUT2D eigenvalue weighted by Crippen LogP contribution is -2.12. The summed E-state index contributed by atoms with van der Waals surface area (Å²) >= 11 is 0. The Morgan fingerprint density at radius 3 is 2.44 bits per heavy atom. The quantitative estimate of drug-likeness (QED) is 0.484. The Kier molecular flexibility index (Phi) is 3.41. The van der Waals surface area contributed by atoms with Crippen LogP contribution in [0.3, 0.4) is 0 Å². The van der Waals surface area contributed by atoms with E-state index in [1.807, 2.05) is 12.1 Å². The van der Waals surface area contributed by atoms with E-state index in [0.29, 0.717) is 11.1 Å². The molecule has 0 bridgehead atoms. The Labute approximate surface area is 105 Å². The zero-order chi connectivity index (χ0) is 13.0. The van der Waals surface area contributed by atoms with Crippen LogP contribution in [0.5, 0.6) is 0 Å². The molecule has 1 N–H and O–H groups in total. The first-order valence-corrected chi connectivity index (χ1v) is 5.68. The highest BCUT2D eigenvalue weighted by atomic mass is 16.1. The van der Waals surface area contributed by atoms with Gasteiger partial charge in [0.25, 0.3) is 0 Å². The molecule has 1 aliphatic heterocycles. The van der Waals surface area contributed by atoms with Gasteiger partial charge in [0.2, 0.25) is 5.78 Å². The summed E-state index contributed by atoms with van der Waals surface area (Å²) in [6.45, 7) is 0.807. The Morgan fingerprint density at radius 2 is 1.94 bits per heavy atom. The molecule has 0 radical (unpaired) electrons. The number of ketones is 1. The average molecular weight is 237 g/mol. The molecular weight excluding hydrogens is 226 g/mol. The van der Waals surface area contributed by atoms with Crippen LogP contribution in [0.2, 0.25) is 0 Å². The molecule has 0 unspecified atom stereocenters. The number of Topliss-reactive ketones (excluding diaryl/α,β-unsaturated/α-hetero) is 1. The number of hydrogen-bond donors (Lipinski definition) is 1. The van der Waals surface area contributed by atoms with Crippen molar-refractivity contribution in [1.29, 1.82) is 10.5 Å². The van der Waals surface area contributed by atoms with Crippen molar-refractivity contribution in [3.63, 3.8) is 0 Å². The van der Waals surface area contributed by atoms with Gasteiger partial charge in [-0.05, 0) is 37.1 Å². The minimum atomic E-state index is -0.286. The predicted molar refractivity (Wildman–Crippen MR) is 65.4 cm³/mol. The zero-order valence-corrected chi connectivity index (χ0v) is 9.73. The lowest BCUT2D eigenvalue weighted by Gasteiger charge is -2.04. The maximum Gasteiger partial charge on any atom is 0.205 e. The summed E-state index contributed by atoms with van der Waals surface area (Å²) in [6, 6.07) is 10.3. The molecule has 2 rings (SSSR count). The number of carbonyl (C=O) groups excluding carboxylic acids is 1. The molecule has 88 valence electrons. The molecule has 18 heavy (non-hydrogen) atoms. The van der Waals surface area contributed by atoms with Crippen LogP contribution in [0.25, 0.3) is 0 Å². The normalized spacial score (nSPS) is 16.3. The maximum absolute atomic E-state index is 12.2. The third-order valence-electron chi connectivity index (χ3n) is 2.86. The van der Waals surface area contributed by atoms with Gasteiger partial charge in [-0.3, -0.25) is 4.79 Å². The minimum Gasteiger partial charge on any atom is -0.387 e. The molecule has 0 spiro atoms. The molecule has 1 heterocycles. The zero-order valence-electron chi connectivity index (χ0n) is 9.73. The highest BCUT2D eigenvalue weighted by Crippen LogP contribution is 2.18. The Bertz CT molecular complexity index is 577. The van der Waals surface area contributed by atoms with Crippen LogP contribution in [-0.4, -0.2) is 12.3 Å². The predicted octanol–water partition coefficient (Wildman–Crippen LogP) is 1.90. The van der Waals surface area contributed by atoms with Crippen LogP contribution < -0.4 is 5.32 Å². The Hall–Kier alpha value is -2.59. The molecule has 1 fully saturated rings. The lowest BCUT2D eigenvalue weighted by molar-refractivity contribution is 0.103. The first-order chi connectivity index (χ1) is 8.76. The van der Waals surface area contributed by atoms with Crippen LogP contribution in [0, 0.1) is 22.7 Å². The molecule has 4 nitrogen and oxygen atoms in total. The fraction of sp³-hybridized carbons (Fsp3) is 0.214. The van der Waals surface area contributed by atoms with Crippen LogP contribution in [-0.2, 0) is 0 Å². The molecule has 0 saturated carbocycles. The van der Waals surface area contributed by atoms with Gasteiger partial charge in [0, 0.05) is 17.8 Å². The monoisotopic (exact) mass is 237 g/mol. The highest BCUT2D eigenvalue weighted by molar-refractivity contribution is 6.11. The summed E-state index contributed by atoms with van der Waals surface area (Å²) in [5, 5.41) is 20.9. The second-order valence-electron chi connectivity index (χ2n) is 4.01. The molecule has 0 atom stereocenters. The van der Waals surface area contributed by atoms with Crippen molar-refractivity contribution in [2.24, 2.45) is 0 Å². The van der Waals surface area contributed by atoms with E-state index >= 15 is 0 Å². The van der Waals surface area contributed by atoms with Crippen molar-refractivity contribution >= 4 is 5.78 Å². The van der Waals surface area contributed by atoms with E-state index in [-0.39, 0.29) is 11.4 Å². The van der Waals surface area contributed by atoms with Gasteiger partial charge in [0.05, 0.1) is 11.6 Å². The van der Waals surface area contributed by atoms with Gasteiger partial charge in [-0.15, -0.1) is 0 Å². The van der Waals surface area contributed by atoms with Crippen molar-refractivity contribution < 1.29 is 4.79 Å². The molecule has 1 aliphatic rings. The van der Waals surface area contributed by atoms with E-state index in [0.717, 1.165) is 25.1 Å². The van der Waals surface area contributed by atoms with Crippen molar-refractivity contribution in [2.75, 3.05) is 6.54 Å². The van der Waals surface area contributed by atoms with Crippen LogP contribution >= 0.6 is 0 Å². The molecular formula is C14H11N3O. The van der Waals surface area contributed by atoms with E-state index in [1.54, 1.807) is 24.3 Å². The van der Waals surface area contributed by atoms with Gasteiger partial charge in [-0.25, -0.2) is 0 Å².